The fourth-order valence-electron chi connectivity index (χ4n) is 4.22. The number of aryl methyl sites for hydroxylation is 1. The number of nitrogens with one attached hydrogen (secondary N) is 1. The number of fused-ring (bicyclic) bond motifs is 4. The van der Waals surface area contributed by atoms with Crippen molar-refractivity contribution in [2.75, 3.05) is 23.3 Å². The number of hydrogen-bond donors (Lipinski definition) is 1. The summed E-state index contributed by atoms with van der Waals surface area (Å²) in [6.45, 7) is 10.3. The van der Waals surface area contributed by atoms with Gasteiger partial charge in [0.05, 0.1) is 28.1 Å². The van der Waals surface area contributed by atoms with E-state index in [0.717, 1.165) is 41.2 Å². The minimum absolute atomic E-state index is 0.0760. The van der Waals surface area contributed by atoms with Crippen LogP contribution in [0.2, 0.25) is 0 Å². The van der Waals surface area contributed by atoms with E-state index in [9.17, 15) is 9.59 Å². The highest BCUT2D eigenvalue weighted by Crippen LogP contribution is 2.35. The number of carbonyl (C=O) groups is 1. The number of nitrogens with zero attached hydrogens (tertiary/aromatic N) is 3. The van der Waals surface area contributed by atoms with E-state index in [0.29, 0.717) is 23.0 Å². The van der Waals surface area contributed by atoms with Crippen LogP contribution in [0.3, 0.4) is 0 Å². The summed E-state index contributed by atoms with van der Waals surface area (Å²) >= 11 is 0. The second-order valence-electron chi connectivity index (χ2n) is 7.35. The van der Waals surface area contributed by atoms with E-state index in [4.69, 9.17) is 4.98 Å². The van der Waals surface area contributed by atoms with Gasteiger partial charge in [0.2, 0.25) is 5.91 Å². The van der Waals surface area contributed by atoms with Crippen molar-refractivity contribution in [3.63, 3.8) is 0 Å². The van der Waals surface area contributed by atoms with E-state index in [2.05, 4.69) is 47.7 Å². The van der Waals surface area contributed by atoms with Crippen molar-refractivity contribution in [1.82, 2.24) is 9.55 Å². The molecule has 1 heterocycles. The Morgan fingerprint density at radius 3 is 2.53 bits per heavy atom. The molecule has 0 atom stereocenters. The Kier molecular flexibility index (Phi) is 5.16. The van der Waals surface area contributed by atoms with Gasteiger partial charge in [-0.2, -0.15) is 0 Å². The molecule has 1 aliphatic carbocycles. The third-order valence-electron chi connectivity index (χ3n) is 5.61. The Morgan fingerprint density at radius 2 is 1.87 bits per heavy atom. The Balaban J connectivity index is 2.12. The predicted molar refractivity (Wildman–Crippen MR) is 124 cm³/mol. The van der Waals surface area contributed by atoms with Crippen molar-refractivity contribution in [1.29, 1.82) is 0 Å². The molecule has 1 amide bonds. The molecule has 4 rings (SSSR count). The standard InChI is InChI=1S/C24H26N4O2/c1-5-27(6-2)16-11-12-18-20(13-16)28(7-3)21-14-22(30)17-9-8-10-19(25-15(4)29)23(17)24(21)26-18/h8-14H,5-7H2,1-4H3,(H,25,29). The van der Waals surface area contributed by atoms with Gasteiger partial charge in [-0.1, -0.05) is 12.1 Å². The molecule has 0 saturated heterocycles. The molecule has 0 aromatic heterocycles. The van der Waals surface area contributed by atoms with Crippen LogP contribution >= 0.6 is 0 Å². The quantitative estimate of drug-likeness (QED) is 0.395. The number of anilines is 2. The molecule has 2 aromatic carbocycles. The fourth-order valence-corrected chi connectivity index (χ4v) is 4.22. The fraction of sp³-hybridized carbons (Fsp3) is 0.292. The molecule has 154 valence electrons. The van der Waals surface area contributed by atoms with E-state index in [1.807, 2.05) is 12.1 Å². The molecular formula is C24H26N4O2. The normalized spacial score (nSPS) is 11.3. The molecule has 0 spiro atoms. The van der Waals surface area contributed by atoms with Crippen molar-refractivity contribution >= 4 is 39.1 Å². The van der Waals surface area contributed by atoms with E-state index >= 15 is 0 Å². The van der Waals surface area contributed by atoms with E-state index in [-0.39, 0.29) is 11.3 Å². The molecule has 1 aliphatic heterocycles. The molecule has 0 unspecified atom stereocenters. The largest absolute Gasteiger partial charge is 0.372 e. The van der Waals surface area contributed by atoms with Gasteiger partial charge in [0.25, 0.3) is 0 Å². The number of rotatable bonds is 5. The average Bonchev–Trinajstić information content (AvgIpc) is 2.73. The SMILES string of the molecule is CCN(CC)c1ccc2nc3c4c(NC(C)=O)cccc4c(=O)cc-3n(CC)c2c1. The second kappa shape index (κ2) is 7.78. The molecule has 2 aromatic rings. The Bertz CT molecular complexity index is 1290. The lowest BCUT2D eigenvalue weighted by atomic mass is 10.0. The van der Waals surface area contributed by atoms with E-state index < -0.39 is 0 Å². The van der Waals surface area contributed by atoms with Gasteiger partial charge in [-0.25, -0.2) is 4.98 Å². The first-order chi connectivity index (χ1) is 14.5. The average molecular weight is 402 g/mol. The lowest BCUT2D eigenvalue weighted by Crippen LogP contribution is -2.22. The van der Waals surface area contributed by atoms with Gasteiger partial charge in [0, 0.05) is 49.1 Å². The van der Waals surface area contributed by atoms with Crippen LogP contribution in [0, 0.1) is 0 Å². The number of benzene rings is 3. The first kappa shape index (κ1) is 19.9. The minimum Gasteiger partial charge on any atom is -0.372 e. The van der Waals surface area contributed by atoms with Gasteiger partial charge in [0.1, 0.15) is 0 Å². The van der Waals surface area contributed by atoms with Gasteiger partial charge in [-0.15, -0.1) is 0 Å². The van der Waals surface area contributed by atoms with Crippen LogP contribution in [-0.4, -0.2) is 28.5 Å². The summed E-state index contributed by atoms with van der Waals surface area (Å²) in [5.74, 6) is -0.181. The summed E-state index contributed by atoms with van der Waals surface area (Å²) < 4.78 is 2.13. The number of hydrogen-bond acceptors (Lipinski definition) is 4. The summed E-state index contributed by atoms with van der Waals surface area (Å²) in [5, 5.41) is 4.10. The smallest absolute Gasteiger partial charge is 0.221 e. The summed E-state index contributed by atoms with van der Waals surface area (Å²) in [6.07, 6.45) is 0. The van der Waals surface area contributed by atoms with E-state index in [1.54, 1.807) is 18.2 Å². The highest BCUT2D eigenvalue weighted by atomic mass is 16.1. The number of aromatic nitrogens is 2. The monoisotopic (exact) mass is 402 g/mol. The molecule has 1 N–H and O–H groups in total. The molecule has 0 radical (unpaired) electrons. The number of carbonyl (C=O) groups excluding carboxylic acids is 1. The lowest BCUT2D eigenvalue weighted by molar-refractivity contribution is -0.114. The van der Waals surface area contributed by atoms with Gasteiger partial charge >= 0.3 is 0 Å². The van der Waals surface area contributed by atoms with Gasteiger partial charge in [-0.05, 0) is 45.0 Å². The van der Waals surface area contributed by atoms with Crippen LogP contribution in [0.1, 0.15) is 27.7 Å². The summed E-state index contributed by atoms with van der Waals surface area (Å²) in [5.41, 5.74) is 5.02. The predicted octanol–water partition coefficient (Wildman–Crippen LogP) is 4.48. The third kappa shape index (κ3) is 3.18. The molecule has 0 fully saturated rings. The maximum absolute atomic E-state index is 12.9. The molecule has 6 heteroatoms. The Hall–Kier alpha value is -3.41. The zero-order valence-corrected chi connectivity index (χ0v) is 17.8. The first-order valence-corrected chi connectivity index (χ1v) is 10.4. The minimum atomic E-state index is -0.181. The summed E-state index contributed by atoms with van der Waals surface area (Å²) in [4.78, 5) is 31.9. The molecule has 30 heavy (non-hydrogen) atoms. The van der Waals surface area contributed by atoms with Gasteiger partial charge < -0.3 is 14.8 Å². The summed E-state index contributed by atoms with van der Waals surface area (Å²) in [7, 11) is 0. The van der Waals surface area contributed by atoms with Crippen molar-refractivity contribution in [3.8, 4) is 11.4 Å². The van der Waals surface area contributed by atoms with Crippen LogP contribution in [0.15, 0.2) is 47.3 Å². The first-order valence-electron chi connectivity index (χ1n) is 10.4. The molecular weight excluding hydrogens is 376 g/mol. The van der Waals surface area contributed by atoms with Crippen LogP contribution < -0.4 is 15.6 Å². The molecule has 0 bridgehead atoms. The maximum Gasteiger partial charge on any atom is 0.221 e. The molecule has 6 nitrogen and oxygen atoms in total. The maximum atomic E-state index is 12.9. The van der Waals surface area contributed by atoms with Crippen LogP contribution in [0.25, 0.3) is 33.2 Å². The van der Waals surface area contributed by atoms with Crippen LogP contribution in [0.5, 0.6) is 0 Å². The molecule has 2 aliphatic rings. The van der Waals surface area contributed by atoms with Crippen LogP contribution in [0.4, 0.5) is 11.4 Å². The van der Waals surface area contributed by atoms with Crippen molar-refractivity contribution in [2.24, 2.45) is 0 Å². The van der Waals surface area contributed by atoms with Crippen LogP contribution in [-0.2, 0) is 11.3 Å². The highest BCUT2D eigenvalue weighted by molar-refractivity contribution is 6.08. The second-order valence-corrected chi connectivity index (χ2v) is 7.35. The van der Waals surface area contributed by atoms with Gasteiger partial charge in [-0.3, -0.25) is 9.59 Å². The van der Waals surface area contributed by atoms with Crippen molar-refractivity contribution in [3.05, 3.63) is 52.7 Å². The van der Waals surface area contributed by atoms with Gasteiger partial charge in [0.15, 0.2) is 5.43 Å². The van der Waals surface area contributed by atoms with Crippen molar-refractivity contribution in [2.45, 2.75) is 34.2 Å². The highest BCUT2D eigenvalue weighted by Gasteiger charge is 2.20. The third-order valence-corrected chi connectivity index (χ3v) is 5.61. The summed E-state index contributed by atoms with van der Waals surface area (Å²) in [6, 6.07) is 13.3. The zero-order valence-electron chi connectivity index (χ0n) is 17.8. The van der Waals surface area contributed by atoms with Crippen molar-refractivity contribution < 1.29 is 4.79 Å². The molecule has 0 saturated carbocycles. The van der Waals surface area contributed by atoms with E-state index in [1.165, 1.54) is 6.92 Å². The topological polar surface area (TPSA) is 67.2 Å². The lowest BCUT2D eigenvalue weighted by Gasteiger charge is -2.24. The zero-order chi connectivity index (χ0) is 21.4. The Labute approximate surface area is 175 Å². The Morgan fingerprint density at radius 1 is 1.10 bits per heavy atom. The number of amides is 1.